The second-order valence-corrected chi connectivity index (χ2v) is 5.69. The maximum absolute atomic E-state index is 9.02. The Kier molecular flexibility index (Phi) is 4.84. The Hall–Kier alpha value is -1.26. The molecule has 0 aliphatic carbocycles. The van der Waals surface area contributed by atoms with E-state index >= 15 is 0 Å². The molecule has 0 saturated carbocycles. The number of rotatable bonds is 6. The van der Waals surface area contributed by atoms with Gasteiger partial charge in [-0.2, -0.15) is 0 Å². The van der Waals surface area contributed by atoms with Crippen molar-refractivity contribution in [2.75, 3.05) is 6.61 Å². The lowest BCUT2D eigenvalue weighted by molar-refractivity contribution is 0.300. The molecule has 1 heterocycles. The topological polar surface area (TPSA) is 38.1 Å². The van der Waals surface area contributed by atoms with Gasteiger partial charge in [0, 0.05) is 24.2 Å². The van der Waals surface area contributed by atoms with Gasteiger partial charge >= 0.3 is 0 Å². The Morgan fingerprint density at radius 2 is 2.11 bits per heavy atom. The van der Waals surface area contributed by atoms with Crippen LogP contribution in [0.25, 0.3) is 0 Å². The Bertz CT molecular complexity index is 470. The van der Waals surface area contributed by atoms with Gasteiger partial charge < -0.3 is 9.67 Å². The van der Waals surface area contributed by atoms with E-state index in [1.54, 1.807) is 11.8 Å². The molecule has 3 nitrogen and oxygen atoms in total. The van der Waals surface area contributed by atoms with Crippen molar-refractivity contribution >= 4 is 11.8 Å². The summed E-state index contributed by atoms with van der Waals surface area (Å²) in [6.07, 6.45) is 3.84. The van der Waals surface area contributed by atoms with E-state index in [0.29, 0.717) is 0 Å². The van der Waals surface area contributed by atoms with Gasteiger partial charge in [0.05, 0.1) is 12.4 Å². The predicted octanol–water partition coefficient (Wildman–Crippen LogP) is 2.55. The third-order valence-corrected chi connectivity index (χ3v) is 3.89. The van der Waals surface area contributed by atoms with Crippen molar-refractivity contribution < 1.29 is 5.11 Å². The van der Waals surface area contributed by atoms with Crippen LogP contribution in [0.4, 0.5) is 0 Å². The molecule has 0 fully saturated rings. The first-order chi connectivity index (χ1) is 8.79. The van der Waals surface area contributed by atoms with Crippen molar-refractivity contribution in [3.8, 4) is 0 Å². The van der Waals surface area contributed by atoms with Gasteiger partial charge in [0.1, 0.15) is 5.82 Å². The maximum Gasteiger partial charge on any atom is 0.118 e. The van der Waals surface area contributed by atoms with Crippen molar-refractivity contribution in [3.05, 3.63) is 54.1 Å². The van der Waals surface area contributed by atoms with E-state index in [1.807, 2.05) is 25.4 Å². The lowest BCUT2D eigenvalue weighted by atomic mass is 10.2. The van der Waals surface area contributed by atoms with Crippen molar-refractivity contribution in [3.63, 3.8) is 0 Å². The number of nitrogens with zero attached hydrogens (tertiary/aromatic N) is 2. The zero-order valence-corrected chi connectivity index (χ0v) is 11.3. The fourth-order valence-electron chi connectivity index (χ4n) is 1.67. The van der Waals surface area contributed by atoms with Gasteiger partial charge in [0.25, 0.3) is 0 Å². The van der Waals surface area contributed by atoms with Crippen molar-refractivity contribution in [1.29, 1.82) is 0 Å². The highest BCUT2D eigenvalue weighted by Gasteiger charge is 2.06. The Labute approximate surface area is 112 Å². The van der Waals surface area contributed by atoms with Crippen molar-refractivity contribution in [2.45, 2.75) is 24.5 Å². The standard InChI is InChI=1S/C14H18N2OS/c1-12(10-17)18-11-14-15-7-8-16(14)9-13-5-3-2-4-6-13/h2-8,12,17H,9-11H2,1H3. The van der Waals surface area contributed by atoms with E-state index < -0.39 is 0 Å². The van der Waals surface area contributed by atoms with Crippen molar-refractivity contribution in [2.24, 2.45) is 0 Å². The molecule has 0 aliphatic rings. The molecular weight excluding hydrogens is 244 g/mol. The number of aliphatic hydroxyl groups excluding tert-OH is 1. The van der Waals surface area contributed by atoms with Gasteiger partial charge in [0.2, 0.25) is 0 Å². The smallest absolute Gasteiger partial charge is 0.118 e. The summed E-state index contributed by atoms with van der Waals surface area (Å²) in [4.78, 5) is 4.38. The lowest BCUT2D eigenvalue weighted by Crippen LogP contribution is -2.07. The first-order valence-electron chi connectivity index (χ1n) is 6.06. The Morgan fingerprint density at radius 1 is 1.33 bits per heavy atom. The number of benzene rings is 1. The zero-order chi connectivity index (χ0) is 12.8. The number of hydrogen-bond acceptors (Lipinski definition) is 3. The minimum absolute atomic E-state index is 0.212. The highest BCUT2D eigenvalue weighted by molar-refractivity contribution is 7.99. The Balaban J connectivity index is 1.99. The number of thioether (sulfide) groups is 1. The molecule has 2 rings (SSSR count). The lowest BCUT2D eigenvalue weighted by Gasteiger charge is -2.10. The summed E-state index contributed by atoms with van der Waals surface area (Å²) in [6.45, 7) is 3.09. The second kappa shape index (κ2) is 6.61. The van der Waals surface area contributed by atoms with Crippen LogP contribution in [0.5, 0.6) is 0 Å². The monoisotopic (exact) mass is 262 g/mol. The van der Waals surface area contributed by atoms with E-state index in [1.165, 1.54) is 5.56 Å². The van der Waals surface area contributed by atoms with Gasteiger partial charge in [-0.15, -0.1) is 11.8 Å². The van der Waals surface area contributed by atoms with E-state index in [2.05, 4.69) is 33.8 Å². The first kappa shape index (κ1) is 13.2. The minimum Gasteiger partial charge on any atom is -0.395 e. The van der Waals surface area contributed by atoms with Crippen LogP contribution in [-0.2, 0) is 12.3 Å². The van der Waals surface area contributed by atoms with E-state index in [-0.39, 0.29) is 11.9 Å². The van der Waals surface area contributed by atoms with Gasteiger partial charge in [-0.3, -0.25) is 0 Å². The van der Waals surface area contributed by atoms with Crippen molar-refractivity contribution in [1.82, 2.24) is 9.55 Å². The number of hydrogen-bond donors (Lipinski definition) is 1. The summed E-state index contributed by atoms with van der Waals surface area (Å²) in [6, 6.07) is 10.4. The van der Waals surface area contributed by atoms with Crippen LogP contribution in [-0.4, -0.2) is 26.5 Å². The fourth-order valence-corrected chi connectivity index (χ4v) is 2.45. The summed E-state index contributed by atoms with van der Waals surface area (Å²) >= 11 is 1.73. The summed E-state index contributed by atoms with van der Waals surface area (Å²) in [5.74, 6) is 1.89. The molecule has 0 aliphatic heterocycles. The Morgan fingerprint density at radius 3 is 2.83 bits per heavy atom. The quantitative estimate of drug-likeness (QED) is 0.869. The third kappa shape index (κ3) is 3.62. The first-order valence-corrected chi connectivity index (χ1v) is 7.11. The highest BCUT2D eigenvalue weighted by Crippen LogP contribution is 2.17. The van der Waals surface area contributed by atoms with Gasteiger partial charge in [-0.1, -0.05) is 37.3 Å². The number of aliphatic hydroxyl groups is 1. The molecule has 1 unspecified atom stereocenters. The molecule has 0 radical (unpaired) electrons. The summed E-state index contributed by atoms with van der Waals surface area (Å²) in [7, 11) is 0. The van der Waals surface area contributed by atoms with Gasteiger partial charge in [-0.25, -0.2) is 4.98 Å². The molecule has 1 atom stereocenters. The summed E-state index contributed by atoms with van der Waals surface area (Å²) in [5, 5.41) is 9.28. The van der Waals surface area contributed by atoms with E-state index in [0.717, 1.165) is 18.1 Å². The molecule has 1 N–H and O–H groups in total. The van der Waals surface area contributed by atoms with Crippen LogP contribution in [0.3, 0.4) is 0 Å². The van der Waals surface area contributed by atoms with Crippen LogP contribution in [0.15, 0.2) is 42.7 Å². The molecule has 0 amide bonds. The van der Waals surface area contributed by atoms with Crippen LogP contribution in [0, 0.1) is 0 Å². The van der Waals surface area contributed by atoms with E-state index in [4.69, 9.17) is 5.11 Å². The van der Waals surface area contributed by atoms with Crippen LogP contribution in [0.1, 0.15) is 18.3 Å². The molecule has 1 aromatic carbocycles. The molecular formula is C14H18N2OS. The average Bonchev–Trinajstić information content (AvgIpc) is 2.84. The summed E-state index contributed by atoms with van der Waals surface area (Å²) < 4.78 is 2.16. The molecule has 0 bridgehead atoms. The molecule has 0 saturated heterocycles. The number of aromatic nitrogens is 2. The minimum atomic E-state index is 0.212. The summed E-state index contributed by atoms with van der Waals surface area (Å²) in [5.41, 5.74) is 1.27. The molecule has 4 heteroatoms. The van der Waals surface area contributed by atoms with Gasteiger partial charge in [-0.05, 0) is 5.56 Å². The van der Waals surface area contributed by atoms with Gasteiger partial charge in [0.15, 0.2) is 0 Å². The van der Waals surface area contributed by atoms with E-state index in [9.17, 15) is 0 Å². The molecule has 1 aromatic heterocycles. The predicted molar refractivity (Wildman–Crippen MR) is 75.6 cm³/mol. The normalized spacial score (nSPS) is 12.6. The largest absolute Gasteiger partial charge is 0.395 e. The maximum atomic E-state index is 9.02. The van der Waals surface area contributed by atoms with Crippen LogP contribution < -0.4 is 0 Å². The number of imidazole rings is 1. The molecule has 18 heavy (non-hydrogen) atoms. The second-order valence-electron chi connectivity index (χ2n) is 4.26. The van der Waals surface area contributed by atoms with Crippen LogP contribution >= 0.6 is 11.8 Å². The zero-order valence-electron chi connectivity index (χ0n) is 10.5. The molecule has 96 valence electrons. The SMILES string of the molecule is CC(CO)SCc1nccn1Cc1ccccc1. The fraction of sp³-hybridized carbons (Fsp3) is 0.357. The molecule has 0 spiro atoms. The third-order valence-electron chi connectivity index (χ3n) is 2.75. The highest BCUT2D eigenvalue weighted by atomic mass is 32.2. The molecule has 2 aromatic rings. The van der Waals surface area contributed by atoms with Crippen LogP contribution in [0.2, 0.25) is 0 Å². The average molecular weight is 262 g/mol.